The van der Waals surface area contributed by atoms with Crippen molar-refractivity contribution in [1.82, 2.24) is 4.98 Å². The Morgan fingerprint density at radius 2 is 2.33 bits per heavy atom. The molecule has 78 valence electrons. The predicted molar refractivity (Wildman–Crippen MR) is 56.3 cm³/mol. The lowest BCUT2D eigenvalue weighted by Gasteiger charge is -2.01. The normalized spacial score (nSPS) is 21.2. The van der Waals surface area contributed by atoms with E-state index in [4.69, 9.17) is 14.9 Å². The fourth-order valence-corrected chi connectivity index (χ4v) is 1.90. The molecule has 1 saturated heterocycles. The zero-order chi connectivity index (χ0) is 10.3. The quantitative estimate of drug-likeness (QED) is 0.724. The van der Waals surface area contributed by atoms with Gasteiger partial charge in [0.05, 0.1) is 5.69 Å². The Morgan fingerprint density at radius 3 is 3.07 bits per heavy atom. The van der Waals surface area contributed by atoms with E-state index < -0.39 is 0 Å². The molecule has 1 unspecified atom stereocenters. The van der Waals surface area contributed by atoms with Gasteiger partial charge >= 0.3 is 0 Å². The Kier molecular flexibility index (Phi) is 1.89. The highest BCUT2D eigenvalue weighted by molar-refractivity contribution is 5.85. The summed E-state index contributed by atoms with van der Waals surface area (Å²) in [6, 6.07) is 5.56. The molecule has 3 rings (SSSR count). The highest BCUT2D eigenvalue weighted by atomic mass is 16.5. The molecule has 1 aromatic heterocycles. The van der Waals surface area contributed by atoms with Gasteiger partial charge in [0.1, 0.15) is 11.6 Å². The van der Waals surface area contributed by atoms with Crippen LogP contribution >= 0.6 is 0 Å². The Morgan fingerprint density at radius 1 is 1.40 bits per heavy atom. The molecule has 2 heterocycles. The molecule has 1 aromatic carbocycles. The molecule has 1 aliphatic heterocycles. The Bertz CT molecular complexity index is 486. The summed E-state index contributed by atoms with van der Waals surface area (Å²) in [6.07, 6.45) is 2.06. The summed E-state index contributed by atoms with van der Waals surface area (Å²) in [6.45, 7) is 0.791. The van der Waals surface area contributed by atoms with Crippen molar-refractivity contribution in [3.05, 3.63) is 24.1 Å². The number of hydrogen-bond donors (Lipinski definition) is 1. The molecule has 1 atom stereocenters. The van der Waals surface area contributed by atoms with Crippen LogP contribution in [0, 0.1) is 0 Å². The lowest BCUT2D eigenvalue weighted by Crippen LogP contribution is -1.95. The number of fused-ring (bicyclic) bond motifs is 1. The topological polar surface area (TPSA) is 61.3 Å². The molecular weight excluding hydrogens is 192 g/mol. The van der Waals surface area contributed by atoms with Crippen molar-refractivity contribution in [2.45, 2.75) is 18.9 Å². The number of hydrogen-bond acceptors (Lipinski definition) is 4. The van der Waals surface area contributed by atoms with E-state index >= 15 is 0 Å². The third-order valence-corrected chi connectivity index (χ3v) is 2.67. The summed E-state index contributed by atoms with van der Waals surface area (Å²) in [5.74, 6) is 0.653. The fourth-order valence-electron chi connectivity index (χ4n) is 1.90. The largest absolute Gasteiger partial charge is 0.438 e. The summed E-state index contributed by atoms with van der Waals surface area (Å²) in [7, 11) is 0. The average molecular weight is 204 g/mol. The van der Waals surface area contributed by atoms with E-state index in [9.17, 15) is 0 Å². The number of anilines is 1. The van der Waals surface area contributed by atoms with Gasteiger partial charge in [0, 0.05) is 6.61 Å². The van der Waals surface area contributed by atoms with Crippen LogP contribution in [0.15, 0.2) is 22.6 Å². The minimum atomic E-state index is 0.0109. The van der Waals surface area contributed by atoms with E-state index in [2.05, 4.69) is 4.98 Å². The van der Waals surface area contributed by atoms with Crippen LogP contribution in [0.25, 0.3) is 11.1 Å². The van der Waals surface area contributed by atoms with Gasteiger partial charge in [-0.15, -0.1) is 0 Å². The summed E-state index contributed by atoms with van der Waals surface area (Å²) in [4.78, 5) is 4.38. The number of para-hydroxylation sites is 1. The van der Waals surface area contributed by atoms with Crippen molar-refractivity contribution in [1.29, 1.82) is 0 Å². The number of nitrogens with two attached hydrogens (primary N) is 1. The first-order valence-electron chi connectivity index (χ1n) is 5.11. The van der Waals surface area contributed by atoms with Crippen LogP contribution in [-0.4, -0.2) is 11.6 Å². The van der Waals surface area contributed by atoms with Gasteiger partial charge in [-0.2, -0.15) is 0 Å². The minimum Gasteiger partial charge on any atom is -0.438 e. The van der Waals surface area contributed by atoms with Crippen LogP contribution in [0.4, 0.5) is 5.69 Å². The number of nitrogen functional groups attached to an aromatic ring is 1. The van der Waals surface area contributed by atoms with Gasteiger partial charge in [-0.1, -0.05) is 6.07 Å². The van der Waals surface area contributed by atoms with E-state index in [1.807, 2.05) is 18.2 Å². The highest BCUT2D eigenvalue weighted by Crippen LogP contribution is 2.31. The monoisotopic (exact) mass is 204 g/mol. The third-order valence-electron chi connectivity index (χ3n) is 2.67. The van der Waals surface area contributed by atoms with Gasteiger partial charge < -0.3 is 14.9 Å². The Labute approximate surface area is 87.0 Å². The molecule has 4 heteroatoms. The maximum Gasteiger partial charge on any atom is 0.224 e. The van der Waals surface area contributed by atoms with Gasteiger partial charge in [0.25, 0.3) is 0 Å². The number of rotatable bonds is 1. The maximum atomic E-state index is 5.80. The second-order valence-corrected chi connectivity index (χ2v) is 3.75. The number of oxazole rings is 1. The SMILES string of the molecule is Nc1cccc2oc(C3CCCO3)nc12. The molecule has 0 amide bonds. The molecule has 2 N–H and O–H groups in total. The fraction of sp³-hybridized carbons (Fsp3) is 0.364. The van der Waals surface area contributed by atoms with Gasteiger partial charge in [0.15, 0.2) is 5.58 Å². The van der Waals surface area contributed by atoms with Crippen molar-refractivity contribution in [3.63, 3.8) is 0 Å². The molecule has 2 aromatic rings. The molecule has 0 spiro atoms. The number of benzene rings is 1. The average Bonchev–Trinajstić information content (AvgIpc) is 2.86. The van der Waals surface area contributed by atoms with E-state index in [-0.39, 0.29) is 6.10 Å². The molecule has 1 fully saturated rings. The molecular formula is C11H12N2O2. The molecule has 4 nitrogen and oxygen atoms in total. The number of aromatic nitrogens is 1. The molecule has 0 radical (unpaired) electrons. The van der Waals surface area contributed by atoms with Crippen LogP contribution in [0.5, 0.6) is 0 Å². The van der Waals surface area contributed by atoms with E-state index in [0.29, 0.717) is 11.6 Å². The Balaban J connectivity index is 2.09. The number of nitrogens with zero attached hydrogens (tertiary/aromatic N) is 1. The van der Waals surface area contributed by atoms with Gasteiger partial charge in [0.2, 0.25) is 5.89 Å². The number of ether oxygens (including phenoxy) is 1. The second kappa shape index (κ2) is 3.24. The highest BCUT2D eigenvalue weighted by Gasteiger charge is 2.23. The zero-order valence-electron chi connectivity index (χ0n) is 8.27. The third kappa shape index (κ3) is 1.37. The lowest BCUT2D eigenvalue weighted by molar-refractivity contribution is 0.0907. The summed E-state index contributed by atoms with van der Waals surface area (Å²) < 4.78 is 11.1. The molecule has 0 saturated carbocycles. The van der Waals surface area contributed by atoms with Crippen molar-refractivity contribution < 1.29 is 9.15 Å². The van der Waals surface area contributed by atoms with E-state index in [1.165, 1.54) is 0 Å². The van der Waals surface area contributed by atoms with Crippen molar-refractivity contribution in [2.24, 2.45) is 0 Å². The van der Waals surface area contributed by atoms with Crippen LogP contribution in [-0.2, 0) is 4.74 Å². The summed E-state index contributed by atoms with van der Waals surface area (Å²) in [5.41, 5.74) is 7.93. The first-order chi connectivity index (χ1) is 7.34. The van der Waals surface area contributed by atoms with Crippen LogP contribution in [0.1, 0.15) is 24.8 Å². The summed E-state index contributed by atoms with van der Waals surface area (Å²) >= 11 is 0. The van der Waals surface area contributed by atoms with Gasteiger partial charge in [-0.25, -0.2) is 4.98 Å². The first kappa shape index (κ1) is 8.73. The van der Waals surface area contributed by atoms with Crippen LogP contribution < -0.4 is 5.73 Å². The molecule has 0 bridgehead atoms. The zero-order valence-corrected chi connectivity index (χ0v) is 8.27. The van der Waals surface area contributed by atoms with E-state index in [1.54, 1.807) is 0 Å². The lowest BCUT2D eigenvalue weighted by atomic mass is 10.2. The second-order valence-electron chi connectivity index (χ2n) is 3.75. The van der Waals surface area contributed by atoms with Gasteiger partial charge in [-0.05, 0) is 25.0 Å². The maximum absolute atomic E-state index is 5.80. The predicted octanol–water partition coefficient (Wildman–Crippen LogP) is 2.26. The smallest absolute Gasteiger partial charge is 0.224 e. The molecule has 15 heavy (non-hydrogen) atoms. The van der Waals surface area contributed by atoms with Crippen molar-refractivity contribution in [2.75, 3.05) is 12.3 Å². The summed E-state index contributed by atoms with van der Waals surface area (Å²) in [5, 5.41) is 0. The first-order valence-corrected chi connectivity index (χ1v) is 5.11. The molecule has 0 aliphatic carbocycles. The van der Waals surface area contributed by atoms with E-state index in [0.717, 1.165) is 30.5 Å². The van der Waals surface area contributed by atoms with Crippen LogP contribution in [0.2, 0.25) is 0 Å². The van der Waals surface area contributed by atoms with Crippen molar-refractivity contribution >= 4 is 16.8 Å². The van der Waals surface area contributed by atoms with Crippen molar-refractivity contribution in [3.8, 4) is 0 Å². The van der Waals surface area contributed by atoms with Gasteiger partial charge in [-0.3, -0.25) is 0 Å². The Hall–Kier alpha value is -1.55. The standard InChI is InChI=1S/C11H12N2O2/c12-7-3-1-4-8-10(7)13-11(15-8)9-5-2-6-14-9/h1,3-4,9H,2,5-6,12H2. The minimum absolute atomic E-state index is 0.0109. The molecule has 1 aliphatic rings. The van der Waals surface area contributed by atoms with Crippen LogP contribution in [0.3, 0.4) is 0 Å².